The number of rotatable bonds is 4. The Balaban J connectivity index is 1.80. The summed E-state index contributed by atoms with van der Waals surface area (Å²) >= 11 is 0. The van der Waals surface area contributed by atoms with Crippen LogP contribution in [0.15, 0.2) is 64.2 Å². The molecule has 0 fully saturated rings. The summed E-state index contributed by atoms with van der Waals surface area (Å²) in [7, 11) is 4.55. The molecule has 0 saturated heterocycles. The highest BCUT2D eigenvalue weighted by Gasteiger charge is 2.19. The molecule has 0 bridgehead atoms. The Labute approximate surface area is 161 Å². The molecule has 2 heterocycles. The summed E-state index contributed by atoms with van der Waals surface area (Å²) in [6, 6.07) is 18.5. The predicted octanol–water partition coefficient (Wildman–Crippen LogP) is 2.16. The van der Waals surface area contributed by atoms with Crippen LogP contribution >= 0.6 is 0 Å². The first-order valence-corrected chi connectivity index (χ1v) is 8.86. The molecule has 2 aromatic carbocycles. The highest BCUT2D eigenvalue weighted by atomic mass is 16.5. The standard InChI is InChI=1S/C21H20N4O3/c1-23-18-17(19(26)24(2)21(23)27)25(20(22-18)28-3)13-14-9-11-16(12-10-14)15-7-5-4-6-8-15/h4-12H,13H2,1-3H3. The van der Waals surface area contributed by atoms with Crippen LogP contribution in [0.5, 0.6) is 6.01 Å². The quantitative estimate of drug-likeness (QED) is 0.547. The third-order valence-corrected chi connectivity index (χ3v) is 4.90. The van der Waals surface area contributed by atoms with E-state index >= 15 is 0 Å². The minimum Gasteiger partial charge on any atom is -0.468 e. The molecule has 0 saturated carbocycles. The van der Waals surface area contributed by atoms with Crippen LogP contribution in [-0.4, -0.2) is 25.8 Å². The summed E-state index contributed by atoms with van der Waals surface area (Å²) in [4.78, 5) is 29.2. The maximum absolute atomic E-state index is 12.7. The van der Waals surface area contributed by atoms with E-state index in [1.54, 1.807) is 11.6 Å². The van der Waals surface area contributed by atoms with Crippen molar-refractivity contribution in [3.63, 3.8) is 0 Å². The number of imidazole rings is 1. The van der Waals surface area contributed by atoms with Crippen molar-refractivity contribution in [3.05, 3.63) is 81.0 Å². The van der Waals surface area contributed by atoms with Crippen molar-refractivity contribution < 1.29 is 4.74 Å². The van der Waals surface area contributed by atoms with E-state index < -0.39 is 11.2 Å². The van der Waals surface area contributed by atoms with Gasteiger partial charge in [-0.25, -0.2) is 4.79 Å². The molecular formula is C21H20N4O3. The minimum absolute atomic E-state index is 0.292. The highest BCUT2D eigenvalue weighted by molar-refractivity contribution is 5.72. The monoisotopic (exact) mass is 376 g/mol. The fourth-order valence-corrected chi connectivity index (χ4v) is 3.34. The Hall–Kier alpha value is -3.61. The number of nitrogens with zero attached hydrogens (tertiary/aromatic N) is 4. The van der Waals surface area contributed by atoms with E-state index in [0.29, 0.717) is 23.7 Å². The van der Waals surface area contributed by atoms with Crippen molar-refractivity contribution >= 4 is 11.2 Å². The molecule has 142 valence electrons. The zero-order valence-corrected chi connectivity index (χ0v) is 15.9. The summed E-state index contributed by atoms with van der Waals surface area (Å²) in [5.74, 6) is 0. The van der Waals surface area contributed by atoms with Gasteiger partial charge in [0.1, 0.15) is 0 Å². The third kappa shape index (κ3) is 2.81. The molecule has 28 heavy (non-hydrogen) atoms. The molecule has 4 aromatic rings. The second-order valence-corrected chi connectivity index (χ2v) is 6.63. The van der Waals surface area contributed by atoms with E-state index in [9.17, 15) is 9.59 Å². The van der Waals surface area contributed by atoms with Gasteiger partial charge in [-0.05, 0) is 16.7 Å². The lowest BCUT2D eigenvalue weighted by atomic mass is 10.0. The molecule has 2 aromatic heterocycles. The summed E-state index contributed by atoms with van der Waals surface area (Å²) < 4.78 is 9.51. The van der Waals surface area contributed by atoms with Crippen LogP contribution in [0.25, 0.3) is 22.3 Å². The van der Waals surface area contributed by atoms with E-state index in [0.717, 1.165) is 21.3 Å². The smallest absolute Gasteiger partial charge is 0.332 e. The van der Waals surface area contributed by atoms with Crippen molar-refractivity contribution in [3.8, 4) is 17.1 Å². The van der Waals surface area contributed by atoms with Gasteiger partial charge in [0, 0.05) is 14.1 Å². The van der Waals surface area contributed by atoms with Gasteiger partial charge in [0.15, 0.2) is 11.2 Å². The van der Waals surface area contributed by atoms with Gasteiger partial charge in [-0.2, -0.15) is 4.98 Å². The summed E-state index contributed by atoms with van der Waals surface area (Å²) in [6.45, 7) is 0.405. The van der Waals surface area contributed by atoms with Crippen LogP contribution < -0.4 is 16.0 Å². The second-order valence-electron chi connectivity index (χ2n) is 6.63. The molecule has 0 unspecified atom stereocenters. The van der Waals surface area contributed by atoms with Crippen LogP contribution in [0.3, 0.4) is 0 Å². The van der Waals surface area contributed by atoms with Crippen molar-refractivity contribution in [1.82, 2.24) is 18.7 Å². The van der Waals surface area contributed by atoms with Crippen LogP contribution in [0, 0.1) is 0 Å². The molecular weight excluding hydrogens is 356 g/mol. The Morgan fingerprint density at radius 2 is 1.54 bits per heavy atom. The first-order valence-electron chi connectivity index (χ1n) is 8.86. The number of fused-ring (bicyclic) bond motifs is 1. The topological polar surface area (TPSA) is 71.1 Å². The van der Waals surface area contributed by atoms with E-state index in [4.69, 9.17) is 4.74 Å². The number of ether oxygens (including phenoxy) is 1. The van der Waals surface area contributed by atoms with Crippen LogP contribution in [0.4, 0.5) is 0 Å². The average molecular weight is 376 g/mol. The Bertz CT molecular complexity index is 1270. The number of aryl methyl sites for hydroxylation is 1. The van der Waals surface area contributed by atoms with E-state index in [1.165, 1.54) is 18.7 Å². The Morgan fingerprint density at radius 1 is 0.893 bits per heavy atom. The van der Waals surface area contributed by atoms with Crippen molar-refractivity contribution in [2.45, 2.75) is 6.54 Å². The fourth-order valence-electron chi connectivity index (χ4n) is 3.34. The van der Waals surface area contributed by atoms with Gasteiger partial charge in [0.25, 0.3) is 11.6 Å². The summed E-state index contributed by atoms with van der Waals surface area (Å²) in [5.41, 5.74) is 3.09. The first-order chi connectivity index (χ1) is 13.5. The predicted molar refractivity (Wildman–Crippen MR) is 108 cm³/mol. The maximum atomic E-state index is 12.7. The largest absolute Gasteiger partial charge is 0.468 e. The normalized spacial score (nSPS) is 11.1. The van der Waals surface area contributed by atoms with Crippen molar-refractivity contribution in [2.75, 3.05) is 7.11 Å². The number of hydrogen-bond donors (Lipinski definition) is 0. The van der Waals surface area contributed by atoms with Crippen molar-refractivity contribution in [2.24, 2.45) is 14.1 Å². The van der Waals surface area contributed by atoms with Crippen LogP contribution in [-0.2, 0) is 20.6 Å². The molecule has 0 amide bonds. The zero-order valence-electron chi connectivity index (χ0n) is 15.9. The number of hydrogen-bond acceptors (Lipinski definition) is 4. The lowest BCUT2D eigenvalue weighted by Crippen LogP contribution is -2.37. The number of methoxy groups -OCH3 is 1. The fraction of sp³-hybridized carbons (Fsp3) is 0.190. The van der Waals surface area contributed by atoms with Gasteiger partial charge >= 0.3 is 5.69 Å². The molecule has 0 radical (unpaired) electrons. The molecule has 7 nitrogen and oxygen atoms in total. The maximum Gasteiger partial charge on any atom is 0.332 e. The molecule has 7 heteroatoms. The summed E-state index contributed by atoms with van der Waals surface area (Å²) in [6.07, 6.45) is 0. The zero-order chi connectivity index (χ0) is 19.8. The van der Waals surface area contributed by atoms with Gasteiger partial charge in [-0.3, -0.25) is 18.5 Å². The lowest BCUT2D eigenvalue weighted by molar-refractivity contribution is 0.364. The summed E-state index contributed by atoms with van der Waals surface area (Å²) in [5, 5.41) is 0. The molecule has 0 spiro atoms. The molecule has 0 aliphatic carbocycles. The minimum atomic E-state index is -0.419. The van der Waals surface area contributed by atoms with Gasteiger partial charge in [-0.1, -0.05) is 54.6 Å². The molecule has 4 rings (SSSR count). The van der Waals surface area contributed by atoms with Gasteiger partial charge in [0.2, 0.25) is 0 Å². The first kappa shape index (κ1) is 17.8. The molecule has 0 atom stereocenters. The van der Waals surface area contributed by atoms with Crippen molar-refractivity contribution in [1.29, 1.82) is 0 Å². The molecule has 0 aliphatic rings. The van der Waals surface area contributed by atoms with Gasteiger partial charge < -0.3 is 4.74 Å². The van der Waals surface area contributed by atoms with Gasteiger partial charge in [-0.15, -0.1) is 0 Å². The average Bonchev–Trinajstić information content (AvgIpc) is 3.10. The SMILES string of the molecule is COc1nc2c(c(=O)n(C)c(=O)n2C)n1Cc1ccc(-c2ccccc2)cc1. The van der Waals surface area contributed by atoms with Crippen LogP contribution in [0.1, 0.15) is 5.56 Å². The van der Waals surface area contributed by atoms with E-state index in [2.05, 4.69) is 17.1 Å². The van der Waals surface area contributed by atoms with E-state index in [-0.39, 0.29) is 0 Å². The molecule has 0 N–H and O–H groups in total. The van der Waals surface area contributed by atoms with E-state index in [1.807, 2.05) is 42.5 Å². The number of benzene rings is 2. The lowest BCUT2D eigenvalue weighted by Gasteiger charge is -2.09. The Kier molecular flexibility index (Phi) is 4.35. The van der Waals surface area contributed by atoms with Gasteiger partial charge in [0.05, 0.1) is 13.7 Å². The highest BCUT2D eigenvalue weighted by Crippen LogP contribution is 2.22. The van der Waals surface area contributed by atoms with Crippen LogP contribution in [0.2, 0.25) is 0 Å². The second kappa shape index (κ2) is 6.84. The third-order valence-electron chi connectivity index (χ3n) is 4.90. The number of aromatic nitrogens is 4. The molecule has 0 aliphatic heterocycles. The Morgan fingerprint density at radius 3 is 2.18 bits per heavy atom.